The fourth-order valence-corrected chi connectivity index (χ4v) is 4.45. The molecular formula is C15H11BrN4OS2. The minimum absolute atomic E-state index is 0.664. The topological polar surface area (TPSA) is 66.7 Å². The number of halogens is 1. The first-order valence-corrected chi connectivity index (χ1v) is 9.96. The average Bonchev–Trinajstić information content (AvgIpc) is 3.11. The van der Waals surface area contributed by atoms with Crippen LogP contribution in [0.25, 0.3) is 21.4 Å². The first-order chi connectivity index (χ1) is 11.1. The lowest BCUT2D eigenvalue weighted by Gasteiger charge is -2.04. The molecule has 0 aliphatic rings. The summed E-state index contributed by atoms with van der Waals surface area (Å²) in [5.74, 6) is 0. The van der Waals surface area contributed by atoms with Crippen LogP contribution in [0.1, 0.15) is 5.56 Å². The lowest BCUT2D eigenvalue weighted by Crippen LogP contribution is -1.98. The summed E-state index contributed by atoms with van der Waals surface area (Å²) in [6.07, 6.45) is 5.23. The number of pyridine rings is 1. The van der Waals surface area contributed by atoms with E-state index >= 15 is 0 Å². The zero-order valence-corrected chi connectivity index (χ0v) is 15.3. The van der Waals surface area contributed by atoms with Crippen molar-refractivity contribution in [1.29, 1.82) is 0 Å². The molecule has 1 aromatic carbocycles. The van der Waals surface area contributed by atoms with E-state index in [0.29, 0.717) is 10.9 Å². The standard InChI is InChI=1S/C15H11BrN4OS2/c1-23(21)15-19-11-3-2-9(4-13(11)22-15)7-20-8-18-12-5-10(16)6-17-14(12)20/h2-6,8H,7H2,1H3. The summed E-state index contributed by atoms with van der Waals surface area (Å²) in [6, 6.07) is 8.05. The number of aromatic nitrogens is 4. The van der Waals surface area contributed by atoms with Crippen LogP contribution in [0.15, 0.2) is 45.6 Å². The van der Waals surface area contributed by atoms with Gasteiger partial charge in [0.05, 0.1) is 23.1 Å². The molecule has 116 valence electrons. The van der Waals surface area contributed by atoms with E-state index < -0.39 is 11.2 Å². The summed E-state index contributed by atoms with van der Waals surface area (Å²) in [6.45, 7) is 0.684. The van der Waals surface area contributed by atoms with E-state index in [-0.39, 0.29) is 0 Å². The summed E-state index contributed by atoms with van der Waals surface area (Å²) in [4.78, 5) is 13.2. The molecule has 1 unspecified atom stereocenters. The number of fused-ring (bicyclic) bond motifs is 2. The van der Waals surface area contributed by atoms with Gasteiger partial charge in [-0.25, -0.2) is 9.97 Å². The van der Waals surface area contributed by atoms with Crippen LogP contribution in [0.3, 0.4) is 0 Å². The summed E-state index contributed by atoms with van der Waals surface area (Å²) in [5, 5.41) is 0. The van der Waals surface area contributed by atoms with Gasteiger partial charge in [0.25, 0.3) is 0 Å². The molecular weight excluding hydrogens is 396 g/mol. The van der Waals surface area contributed by atoms with Gasteiger partial charge in [-0.05, 0) is 39.7 Å². The number of hydrogen-bond acceptors (Lipinski definition) is 5. The van der Waals surface area contributed by atoms with E-state index in [1.807, 2.05) is 22.8 Å². The Labute approximate surface area is 147 Å². The Morgan fingerprint density at radius 3 is 2.96 bits per heavy atom. The highest BCUT2D eigenvalue weighted by Gasteiger charge is 2.13. The van der Waals surface area contributed by atoms with Crippen LogP contribution in [0.2, 0.25) is 0 Å². The van der Waals surface area contributed by atoms with Crippen LogP contribution < -0.4 is 0 Å². The lowest BCUT2D eigenvalue weighted by atomic mass is 10.2. The lowest BCUT2D eigenvalue weighted by molar-refractivity contribution is 0.600. The molecule has 0 saturated carbocycles. The normalized spacial score (nSPS) is 13.0. The SMILES string of the molecule is C[S+]([O-])c1nc2ccc(Cn3cnc4cc(Br)cnc43)cc2s1. The highest BCUT2D eigenvalue weighted by Crippen LogP contribution is 2.27. The minimum Gasteiger partial charge on any atom is -0.610 e. The molecule has 0 aliphatic carbocycles. The Morgan fingerprint density at radius 2 is 2.13 bits per heavy atom. The van der Waals surface area contributed by atoms with Gasteiger partial charge in [-0.3, -0.25) is 0 Å². The molecule has 0 aliphatic heterocycles. The first kappa shape index (κ1) is 15.1. The van der Waals surface area contributed by atoms with Crippen LogP contribution >= 0.6 is 27.3 Å². The number of benzene rings is 1. The summed E-state index contributed by atoms with van der Waals surface area (Å²) in [5.41, 5.74) is 3.75. The molecule has 0 fully saturated rings. The second-order valence-electron chi connectivity index (χ2n) is 5.10. The second kappa shape index (κ2) is 5.86. The zero-order valence-electron chi connectivity index (χ0n) is 12.1. The largest absolute Gasteiger partial charge is 0.610 e. The van der Waals surface area contributed by atoms with Crippen molar-refractivity contribution < 1.29 is 4.55 Å². The van der Waals surface area contributed by atoms with Crippen molar-refractivity contribution in [3.63, 3.8) is 0 Å². The zero-order chi connectivity index (χ0) is 16.0. The molecule has 4 aromatic rings. The Bertz CT molecular complexity index is 1010. The third kappa shape index (κ3) is 2.87. The Hall–Kier alpha value is -1.48. The Morgan fingerprint density at radius 1 is 1.26 bits per heavy atom. The van der Waals surface area contributed by atoms with Crippen molar-refractivity contribution in [2.45, 2.75) is 10.9 Å². The van der Waals surface area contributed by atoms with E-state index in [1.165, 1.54) is 11.3 Å². The van der Waals surface area contributed by atoms with Gasteiger partial charge in [-0.15, -0.1) is 0 Å². The molecule has 8 heteroatoms. The Kier molecular flexibility index (Phi) is 3.84. The van der Waals surface area contributed by atoms with Gasteiger partial charge in [0.15, 0.2) is 5.65 Å². The van der Waals surface area contributed by atoms with Gasteiger partial charge in [0.1, 0.15) is 11.8 Å². The predicted molar refractivity (Wildman–Crippen MR) is 96.3 cm³/mol. The maximum Gasteiger partial charge on any atom is 0.302 e. The van der Waals surface area contributed by atoms with Gasteiger partial charge in [-0.2, -0.15) is 4.98 Å². The summed E-state index contributed by atoms with van der Waals surface area (Å²) < 4.78 is 16.2. The molecule has 0 bridgehead atoms. The van der Waals surface area contributed by atoms with Crippen molar-refractivity contribution in [3.8, 4) is 0 Å². The predicted octanol–water partition coefficient (Wildman–Crippen LogP) is 3.59. The van der Waals surface area contributed by atoms with Crippen LogP contribution in [0, 0.1) is 0 Å². The van der Waals surface area contributed by atoms with E-state index in [0.717, 1.165) is 31.4 Å². The quantitative estimate of drug-likeness (QED) is 0.487. The maximum atomic E-state index is 11.6. The van der Waals surface area contributed by atoms with Crippen LogP contribution in [-0.2, 0) is 17.7 Å². The van der Waals surface area contributed by atoms with Gasteiger partial charge in [-0.1, -0.05) is 17.4 Å². The monoisotopic (exact) mass is 406 g/mol. The molecule has 0 spiro atoms. The number of rotatable bonds is 3. The highest BCUT2D eigenvalue weighted by molar-refractivity contribution is 9.10. The van der Waals surface area contributed by atoms with Crippen molar-refractivity contribution in [2.24, 2.45) is 0 Å². The third-order valence-corrected chi connectivity index (χ3v) is 6.24. The molecule has 0 amide bonds. The van der Waals surface area contributed by atoms with Crippen molar-refractivity contribution >= 4 is 59.8 Å². The van der Waals surface area contributed by atoms with Gasteiger partial charge in [0, 0.05) is 21.8 Å². The minimum atomic E-state index is -1.04. The molecule has 5 nitrogen and oxygen atoms in total. The van der Waals surface area contributed by atoms with Crippen molar-refractivity contribution in [2.75, 3.05) is 6.26 Å². The fourth-order valence-electron chi connectivity index (χ4n) is 2.41. The highest BCUT2D eigenvalue weighted by atomic mass is 79.9. The number of hydrogen-bond donors (Lipinski definition) is 0. The summed E-state index contributed by atoms with van der Waals surface area (Å²) >= 11 is 3.84. The van der Waals surface area contributed by atoms with Gasteiger partial charge >= 0.3 is 4.34 Å². The van der Waals surface area contributed by atoms with Crippen LogP contribution in [-0.4, -0.2) is 30.3 Å². The van der Waals surface area contributed by atoms with E-state index in [9.17, 15) is 4.55 Å². The first-order valence-electron chi connectivity index (χ1n) is 6.79. The van der Waals surface area contributed by atoms with Crippen molar-refractivity contribution in [1.82, 2.24) is 19.5 Å². The molecule has 0 radical (unpaired) electrons. The number of nitrogens with zero attached hydrogens (tertiary/aromatic N) is 4. The summed E-state index contributed by atoms with van der Waals surface area (Å²) in [7, 11) is 0. The van der Waals surface area contributed by atoms with Crippen LogP contribution in [0.5, 0.6) is 0 Å². The fraction of sp³-hybridized carbons (Fsp3) is 0.133. The number of imidazole rings is 1. The van der Waals surface area contributed by atoms with E-state index in [2.05, 4.69) is 36.9 Å². The third-order valence-electron chi connectivity index (χ3n) is 3.45. The van der Waals surface area contributed by atoms with Gasteiger partial charge < -0.3 is 9.12 Å². The molecule has 0 N–H and O–H groups in total. The second-order valence-corrected chi connectivity index (χ2v) is 8.60. The Balaban J connectivity index is 1.71. The average molecular weight is 407 g/mol. The molecule has 4 rings (SSSR count). The number of thiazole rings is 1. The van der Waals surface area contributed by atoms with E-state index in [1.54, 1.807) is 18.8 Å². The molecule has 23 heavy (non-hydrogen) atoms. The molecule has 3 heterocycles. The molecule has 1 atom stereocenters. The van der Waals surface area contributed by atoms with E-state index in [4.69, 9.17) is 0 Å². The molecule has 3 aromatic heterocycles. The smallest absolute Gasteiger partial charge is 0.302 e. The van der Waals surface area contributed by atoms with Crippen LogP contribution in [0.4, 0.5) is 0 Å². The van der Waals surface area contributed by atoms with Crippen molar-refractivity contribution in [3.05, 3.63) is 46.8 Å². The van der Waals surface area contributed by atoms with Gasteiger partial charge in [0.2, 0.25) is 0 Å². The molecule has 0 saturated heterocycles. The maximum absolute atomic E-state index is 11.6.